The lowest BCUT2D eigenvalue weighted by molar-refractivity contribution is 0.617. The molecule has 0 fully saturated rings. The Morgan fingerprint density at radius 2 is 1.53 bits per heavy atom. The molecule has 0 atom stereocenters. The van der Waals surface area contributed by atoms with Crippen LogP contribution in [0.2, 0.25) is 0 Å². The number of aromatic nitrogens is 2. The molecule has 2 heterocycles. The van der Waals surface area contributed by atoms with Gasteiger partial charge in [-0.25, -0.2) is 4.39 Å². The van der Waals surface area contributed by atoms with Crippen LogP contribution in [0.15, 0.2) is 59.3 Å². The van der Waals surface area contributed by atoms with Gasteiger partial charge in [0.25, 0.3) is 0 Å². The van der Waals surface area contributed by atoms with E-state index in [1.165, 1.54) is 6.07 Å². The summed E-state index contributed by atoms with van der Waals surface area (Å²) in [5.74, 6) is -0.296. The van der Waals surface area contributed by atoms with E-state index in [1.54, 1.807) is 6.07 Å². The molecule has 0 amide bonds. The van der Waals surface area contributed by atoms with E-state index in [0.29, 0.717) is 4.47 Å². The second-order valence-electron chi connectivity index (χ2n) is 4.33. The summed E-state index contributed by atoms with van der Waals surface area (Å²) in [7, 11) is 0. The summed E-state index contributed by atoms with van der Waals surface area (Å²) in [5.41, 5.74) is 2.94. The highest BCUT2D eigenvalue weighted by atomic mass is 79.9. The molecule has 19 heavy (non-hydrogen) atoms. The zero-order chi connectivity index (χ0) is 13.2. The fourth-order valence-corrected chi connectivity index (χ4v) is 2.79. The Bertz CT molecular complexity index is 625. The zero-order valence-corrected chi connectivity index (χ0v) is 11.6. The molecule has 0 unspecified atom stereocenters. The molecule has 0 spiro atoms. The summed E-state index contributed by atoms with van der Waals surface area (Å²) in [6.45, 7) is 0. The van der Waals surface area contributed by atoms with E-state index in [1.807, 2.05) is 42.7 Å². The summed E-state index contributed by atoms with van der Waals surface area (Å²) >= 11 is 3.35. The third-order valence-electron chi connectivity index (χ3n) is 3.16. The summed E-state index contributed by atoms with van der Waals surface area (Å²) in [5, 5.41) is 0. The molecule has 0 aliphatic carbocycles. The van der Waals surface area contributed by atoms with Gasteiger partial charge in [0.05, 0.1) is 10.4 Å². The zero-order valence-electron chi connectivity index (χ0n) is 10.0. The second-order valence-corrected chi connectivity index (χ2v) is 5.12. The molecule has 3 rings (SSSR count). The number of benzene rings is 1. The lowest BCUT2D eigenvalue weighted by atomic mass is 9.92. The molecule has 3 aromatic rings. The minimum absolute atomic E-state index is 0.0462. The van der Waals surface area contributed by atoms with Crippen molar-refractivity contribution in [2.45, 2.75) is 5.92 Å². The molecule has 0 radical (unpaired) electrons. The molecule has 2 N–H and O–H groups in total. The van der Waals surface area contributed by atoms with Gasteiger partial charge in [0.2, 0.25) is 0 Å². The van der Waals surface area contributed by atoms with Crippen LogP contribution in [0.3, 0.4) is 0 Å². The topological polar surface area (TPSA) is 31.6 Å². The lowest BCUT2D eigenvalue weighted by Gasteiger charge is -2.17. The highest BCUT2D eigenvalue weighted by molar-refractivity contribution is 9.10. The third-order valence-corrected chi connectivity index (χ3v) is 4.00. The Balaban J connectivity index is 2.18. The van der Waals surface area contributed by atoms with Crippen molar-refractivity contribution in [3.05, 3.63) is 82.1 Å². The number of halogens is 2. The minimum Gasteiger partial charge on any atom is -0.364 e. The molecule has 2 aromatic heterocycles. The minimum atomic E-state index is -0.249. The van der Waals surface area contributed by atoms with Crippen molar-refractivity contribution in [3.8, 4) is 0 Å². The number of nitrogens with one attached hydrogen (secondary N) is 2. The van der Waals surface area contributed by atoms with Crippen molar-refractivity contribution in [2.24, 2.45) is 0 Å². The van der Waals surface area contributed by atoms with Crippen LogP contribution in [0, 0.1) is 5.82 Å². The van der Waals surface area contributed by atoms with E-state index in [9.17, 15) is 4.39 Å². The van der Waals surface area contributed by atoms with Crippen LogP contribution < -0.4 is 0 Å². The molecule has 1 aromatic carbocycles. The van der Waals surface area contributed by atoms with E-state index in [0.717, 1.165) is 17.0 Å². The SMILES string of the molecule is Fc1cccc(C(c2ccc[nH]2)c2ccc[nH]2)c1Br. The van der Waals surface area contributed by atoms with Gasteiger partial charge in [-0.05, 0) is 51.8 Å². The maximum absolute atomic E-state index is 13.8. The highest BCUT2D eigenvalue weighted by Gasteiger charge is 2.21. The van der Waals surface area contributed by atoms with Crippen molar-refractivity contribution in [3.63, 3.8) is 0 Å². The van der Waals surface area contributed by atoms with Gasteiger partial charge >= 0.3 is 0 Å². The second kappa shape index (κ2) is 5.05. The van der Waals surface area contributed by atoms with Crippen LogP contribution in [0.25, 0.3) is 0 Å². The van der Waals surface area contributed by atoms with Gasteiger partial charge in [0.15, 0.2) is 0 Å². The van der Waals surface area contributed by atoms with Gasteiger partial charge in [0, 0.05) is 23.8 Å². The number of rotatable bonds is 3. The average molecular weight is 319 g/mol. The van der Waals surface area contributed by atoms with Crippen LogP contribution >= 0.6 is 15.9 Å². The first-order chi connectivity index (χ1) is 9.27. The largest absolute Gasteiger partial charge is 0.364 e. The Morgan fingerprint density at radius 1 is 0.895 bits per heavy atom. The van der Waals surface area contributed by atoms with Crippen LogP contribution in [0.5, 0.6) is 0 Å². The maximum Gasteiger partial charge on any atom is 0.137 e. The normalized spacial score (nSPS) is 11.1. The molecular formula is C15H12BrFN2. The molecule has 96 valence electrons. The quantitative estimate of drug-likeness (QED) is 0.716. The van der Waals surface area contributed by atoms with Gasteiger partial charge in [-0.15, -0.1) is 0 Å². The number of aromatic amines is 2. The predicted molar refractivity (Wildman–Crippen MR) is 76.6 cm³/mol. The average Bonchev–Trinajstić information content (AvgIpc) is 3.08. The van der Waals surface area contributed by atoms with Crippen molar-refractivity contribution in [1.29, 1.82) is 0 Å². The summed E-state index contributed by atoms with van der Waals surface area (Å²) in [6, 6.07) is 13.0. The van der Waals surface area contributed by atoms with E-state index in [4.69, 9.17) is 0 Å². The van der Waals surface area contributed by atoms with Crippen molar-refractivity contribution in [1.82, 2.24) is 9.97 Å². The Labute approximate surface area is 118 Å². The van der Waals surface area contributed by atoms with E-state index in [2.05, 4.69) is 25.9 Å². The summed E-state index contributed by atoms with van der Waals surface area (Å²) in [6.07, 6.45) is 3.75. The number of hydrogen-bond donors (Lipinski definition) is 2. The predicted octanol–water partition coefficient (Wildman–Crippen LogP) is 4.42. The molecular weight excluding hydrogens is 307 g/mol. The summed E-state index contributed by atoms with van der Waals surface area (Å²) < 4.78 is 14.3. The van der Waals surface area contributed by atoms with Gasteiger partial charge in [-0.3, -0.25) is 0 Å². The van der Waals surface area contributed by atoms with Crippen LogP contribution in [0.4, 0.5) is 4.39 Å². The molecule has 0 aliphatic rings. The maximum atomic E-state index is 13.8. The standard InChI is InChI=1S/C15H12BrFN2/c16-15-10(4-1-5-11(15)17)14(12-6-2-8-18-12)13-7-3-9-19-13/h1-9,14,18-19H. The Hall–Kier alpha value is -1.81. The lowest BCUT2D eigenvalue weighted by Crippen LogP contribution is -2.05. The number of H-pyrrole nitrogens is 2. The van der Waals surface area contributed by atoms with Crippen LogP contribution in [0.1, 0.15) is 22.9 Å². The molecule has 4 heteroatoms. The van der Waals surface area contributed by atoms with Gasteiger partial charge in [-0.1, -0.05) is 12.1 Å². The number of hydrogen-bond acceptors (Lipinski definition) is 0. The van der Waals surface area contributed by atoms with E-state index < -0.39 is 0 Å². The highest BCUT2D eigenvalue weighted by Crippen LogP contribution is 2.35. The Morgan fingerprint density at radius 3 is 2.05 bits per heavy atom. The monoisotopic (exact) mass is 318 g/mol. The van der Waals surface area contributed by atoms with Crippen molar-refractivity contribution < 1.29 is 4.39 Å². The molecule has 0 saturated carbocycles. The van der Waals surface area contributed by atoms with Gasteiger partial charge in [0.1, 0.15) is 5.82 Å². The Kier molecular flexibility index (Phi) is 3.25. The molecule has 0 bridgehead atoms. The van der Waals surface area contributed by atoms with Gasteiger partial charge in [-0.2, -0.15) is 0 Å². The van der Waals surface area contributed by atoms with Crippen molar-refractivity contribution in [2.75, 3.05) is 0 Å². The van der Waals surface area contributed by atoms with Gasteiger partial charge < -0.3 is 9.97 Å². The van der Waals surface area contributed by atoms with Crippen LogP contribution in [-0.4, -0.2) is 9.97 Å². The fourth-order valence-electron chi connectivity index (χ4n) is 2.29. The molecule has 2 nitrogen and oxygen atoms in total. The summed E-state index contributed by atoms with van der Waals surface area (Å²) in [4.78, 5) is 6.41. The third kappa shape index (κ3) is 2.24. The first kappa shape index (κ1) is 12.2. The smallest absolute Gasteiger partial charge is 0.137 e. The van der Waals surface area contributed by atoms with Crippen molar-refractivity contribution >= 4 is 15.9 Å². The first-order valence-electron chi connectivity index (χ1n) is 5.98. The fraction of sp³-hybridized carbons (Fsp3) is 0.0667. The van der Waals surface area contributed by atoms with Crippen LogP contribution in [-0.2, 0) is 0 Å². The molecule has 0 aliphatic heterocycles. The van der Waals surface area contributed by atoms with E-state index >= 15 is 0 Å². The van der Waals surface area contributed by atoms with E-state index in [-0.39, 0.29) is 11.7 Å². The first-order valence-corrected chi connectivity index (χ1v) is 6.77. The molecule has 0 saturated heterocycles.